The van der Waals surface area contributed by atoms with Crippen LogP contribution in [0.1, 0.15) is 19.8 Å². The topological polar surface area (TPSA) is 37.3 Å². The van der Waals surface area contributed by atoms with E-state index in [1.165, 1.54) is 0 Å². The van der Waals surface area contributed by atoms with Gasteiger partial charge in [0.1, 0.15) is 12.5 Å². The summed E-state index contributed by atoms with van der Waals surface area (Å²) in [5, 5.41) is 9.93. The number of aliphatic hydroxyl groups is 1. The van der Waals surface area contributed by atoms with Gasteiger partial charge in [0.15, 0.2) is 0 Å². The highest BCUT2D eigenvalue weighted by atomic mass is 31.2. The summed E-state index contributed by atoms with van der Waals surface area (Å²) >= 11 is 0. The second kappa shape index (κ2) is 3.22. The van der Waals surface area contributed by atoms with Gasteiger partial charge in [0.2, 0.25) is 0 Å². The van der Waals surface area contributed by atoms with Gasteiger partial charge >= 0.3 is 0 Å². The van der Waals surface area contributed by atoms with E-state index in [9.17, 15) is 9.67 Å². The van der Waals surface area contributed by atoms with Crippen LogP contribution in [-0.4, -0.2) is 16.6 Å². The molecule has 1 heterocycles. The van der Waals surface area contributed by atoms with E-state index in [-0.39, 0.29) is 0 Å². The van der Waals surface area contributed by atoms with E-state index < -0.39 is 12.5 Å². The number of benzene rings is 1. The van der Waals surface area contributed by atoms with Crippen LogP contribution in [0.4, 0.5) is 0 Å². The minimum Gasteiger partial charge on any atom is -0.382 e. The van der Waals surface area contributed by atoms with Crippen molar-refractivity contribution in [3.8, 4) is 0 Å². The standard InChI is InChI=1S/C11H15O2P/c1-11(12)8-5-9-14(11,13)10-6-3-2-4-7-10/h2-4,6-7,12H,5,8-9H2,1H3. The zero-order valence-corrected chi connectivity index (χ0v) is 9.21. The molecule has 2 atom stereocenters. The maximum Gasteiger partial charge on any atom is 0.145 e. The molecule has 2 rings (SSSR count). The van der Waals surface area contributed by atoms with Gasteiger partial charge in [0, 0.05) is 11.5 Å². The molecule has 3 heteroatoms. The fourth-order valence-corrected chi connectivity index (χ4v) is 5.21. The predicted octanol–water partition coefficient (Wildman–Crippen LogP) is 2.18. The molecule has 0 bridgehead atoms. The van der Waals surface area contributed by atoms with Crippen molar-refractivity contribution in [3.63, 3.8) is 0 Å². The molecular weight excluding hydrogens is 195 g/mol. The minimum atomic E-state index is -2.57. The molecule has 1 N–H and O–H groups in total. The van der Waals surface area contributed by atoms with Crippen molar-refractivity contribution in [1.82, 2.24) is 0 Å². The minimum absolute atomic E-state index is 0.643. The maximum atomic E-state index is 12.6. The summed E-state index contributed by atoms with van der Waals surface area (Å²) in [5.41, 5.74) is 0. The predicted molar refractivity (Wildman–Crippen MR) is 58.4 cm³/mol. The van der Waals surface area contributed by atoms with Crippen molar-refractivity contribution < 1.29 is 9.67 Å². The fourth-order valence-electron chi connectivity index (χ4n) is 2.13. The lowest BCUT2D eigenvalue weighted by Crippen LogP contribution is -2.25. The van der Waals surface area contributed by atoms with E-state index in [0.29, 0.717) is 12.6 Å². The van der Waals surface area contributed by atoms with Crippen LogP contribution in [0.2, 0.25) is 0 Å². The summed E-state index contributed by atoms with van der Waals surface area (Å²) in [6.07, 6.45) is 2.16. The summed E-state index contributed by atoms with van der Waals surface area (Å²) in [6.45, 7) is 1.70. The van der Waals surface area contributed by atoms with Gasteiger partial charge in [-0.2, -0.15) is 0 Å². The van der Waals surface area contributed by atoms with Gasteiger partial charge in [0.05, 0.1) is 0 Å². The Morgan fingerprint density at radius 2 is 2.00 bits per heavy atom. The Bertz CT molecular complexity index is 370. The van der Waals surface area contributed by atoms with E-state index in [4.69, 9.17) is 0 Å². The smallest absolute Gasteiger partial charge is 0.145 e. The molecule has 1 fully saturated rings. The van der Waals surface area contributed by atoms with Crippen molar-refractivity contribution in [2.45, 2.75) is 25.1 Å². The van der Waals surface area contributed by atoms with Crippen LogP contribution < -0.4 is 5.30 Å². The van der Waals surface area contributed by atoms with Crippen molar-refractivity contribution in [1.29, 1.82) is 0 Å². The Hall–Kier alpha value is -0.590. The van der Waals surface area contributed by atoms with Gasteiger partial charge in [0.25, 0.3) is 0 Å². The lowest BCUT2D eigenvalue weighted by molar-refractivity contribution is 0.143. The Kier molecular flexibility index (Phi) is 2.29. The molecule has 0 saturated carbocycles. The highest BCUT2D eigenvalue weighted by Gasteiger charge is 2.47. The fraction of sp³-hybridized carbons (Fsp3) is 0.455. The third-order valence-corrected chi connectivity index (χ3v) is 6.93. The van der Waals surface area contributed by atoms with Crippen molar-refractivity contribution >= 4 is 12.4 Å². The molecule has 1 aliphatic rings. The molecule has 0 aromatic heterocycles. The molecule has 2 nitrogen and oxygen atoms in total. The Morgan fingerprint density at radius 3 is 2.50 bits per heavy atom. The summed E-state index contributed by atoms with van der Waals surface area (Å²) in [4.78, 5) is 0. The normalized spacial score (nSPS) is 37.3. The summed E-state index contributed by atoms with van der Waals surface area (Å²) in [7, 11) is -2.57. The van der Waals surface area contributed by atoms with Crippen LogP contribution in [-0.2, 0) is 4.57 Å². The van der Waals surface area contributed by atoms with Crippen LogP contribution in [0.15, 0.2) is 30.3 Å². The highest BCUT2D eigenvalue weighted by Crippen LogP contribution is 2.62. The number of hydrogen-bond donors (Lipinski definition) is 1. The molecule has 76 valence electrons. The maximum absolute atomic E-state index is 12.6. The molecule has 1 saturated heterocycles. The molecule has 1 aliphatic heterocycles. The largest absolute Gasteiger partial charge is 0.382 e. The van der Waals surface area contributed by atoms with E-state index in [0.717, 1.165) is 11.7 Å². The second-order valence-electron chi connectivity index (χ2n) is 4.12. The van der Waals surface area contributed by atoms with Gasteiger partial charge in [-0.05, 0) is 19.8 Å². The Morgan fingerprint density at radius 1 is 1.36 bits per heavy atom. The molecule has 14 heavy (non-hydrogen) atoms. The van der Waals surface area contributed by atoms with Gasteiger partial charge < -0.3 is 9.67 Å². The van der Waals surface area contributed by atoms with Crippen molar-refractivity contribution in [2.75, 3.05) is 6.16 Å². The second-order valence-corrected chi connectivity index (χ2v) is 7.53. The van der Waals surface area contributed by atoms with Crippen LogP contribution in [0, 0.1) is 0 Å². The van der Waals surface area contributed by atoms with Crippen molar-refractivity contribution in [2.24, 2.45) is 0 Å². The zero-order valence-electron chi connectivity index (χ0n) is 8.31. The van der Waals surface area contributed by atoms with Crippen LogP contribution in [0.25, 0.3) is 0 Å². The van der Waals surface area contributed by atoms with E-state index >= 15 is 0 Å². The first-order valence-corrected chi connectivity index (χ1v) is 6.83. The van der Waals surface area contributed by atoms with Gasteiger partial charge in [-0.3, -0.25) is 0 Å². The number of hydrogen-bond acceptors (Lipinski definition) is 2. The third kappa shape index (κ3) is 1.34. The lowest BCUT2D eigenvalue weighted by Gasteiger charge is -2.26. The monoisotopic (exact) mass is 210 g/mol. The third-order valence-electron chi connectivity index (χ3n) is 3.07. The molecule has 0 aliphatic carbocycles. The van der Waals surface area contributed by atoms with Gasteiger partial charge in [-0.1, -0.05) is 30.3 Å². The molecule has 1 aromatic carbocycles. The van der Waals surface area contributed by atoms with Crippen LogP contribution in [0.3, 0.4) is 0 Å². The van der Waals surface area contributed by atoms with Gasteiger partial charge in [-0.25, -0.2) is 0 Å². The molecule has 0 spiro atoms. The summed E-state index contributed by atoms with van der Waals surface area (Å²) < 4.78 is 12.6. The summed E-state index contributed by atoms with van der Waals surface area (Å²) in [5.74, 6) is 0. The van der Waals surface area contributed by atoms with Crippen LogP contribution in [0.5, 0.6) is 0 Å². The first-order chi connectivity index (χ1) is 6.56. The van der Waals surface area contributed by atoms with Crippen LogP contribution >= 0.6 is 7.14 Å². The highest BCUT2D eigenvalue weighted by molar-refractivity contribution is 7.73. The average molecular weight is 210 g/mol. The Labute approximate surface area is 84.3 Å². The SMILES string of the molecule is CC1(O)CCCP1(=O)c1ccccc1. The molecule has 0 radical (unpaired) electrons. The average Bonchev–Trinajstić information content (AvgIpc) is 2.44. The van der Waals surface area contributed by atoms with E-state index in [2.05, 4.69) is 0 Å². The quantitative estimate of drug-likeness (QED) is 0.721. The summed E-state index contributed by atoms with van der Waals surface area (Å²) in [6, 6.07) is 9.38. The number of rotatable bonds is 1. The van der Waals surface area contributed by atoms with Crippen molar-refractivity contribution in [3.05, 3.63) is 30.3 Å². The van der Waals surface area contributed by atoms with E-state index in [1.807, 2.05) is 30.3 Å². The first-order valence-electron chi connectivity index (χ1n) is 4.93. The molecule has 0 amide bonds. The molecule has 2 unspecified atom stereocenters. The first kappa shape index (κ1) is 9.95. The lowest BCUT2D eigenvalue weighted by atomic mass is 10.2. The van der Waals surface area contributed by atoms with E-state index in [1.54, 1.807) is 6.92 Å². The zero-order chi connectivity index (χ0) is 10.2. The molecular formula is C11H15O2P. The Balaban J connectivity index is 2.48. The van der Waals surface area contributed by atoms with Gasteiger partial charge in [-0.15, -0.1) is 0 Å². The molecule has 1 aromatic rings.